The van der Waals surface area contributed by atoms with Gasteiger partial charge in [0.25, 0.3) is 5.91 Å². The molecular formula is C10H8ClF2N5O2. The van der Waals surface area contributed by atoms with Gasteiger partial charge in [0.2, 0.25) is 11.8 Å². The summed E-state index contributed by atoms with van der Waals surface area (Å²) in [5, 5.41) is 8.19. The molecule has 0 bridgehead atoms. The number of amides is 1. The Labute approximate surface area is 116 Å². The monoisotopic (exact) mass is 303 g/mol. The number of carbonyl (C=O) groups is 1. The molecule has 0 aliphatic heterocycles. The van der Waals surface area contributed by atoms with Crippen molar-refractivity contribution in [3.05, 3.63) is 29.0 Å². The molecule has 4 N–H and O–H groups in total. The fourth-order valence-electron chi connectivity index (χ4n) is 1.34. The predicted octanol–water partition coefficient (Wildman–Crippen LogP) is 1.89. The van der Waals surface area contributed by atoms with Gasteiger partial charge in [-0.3, -0.25) is 9.89 Å². The molecule has 0 unspecified atom stereocenters. The fourth-order valence-corrected chi connectivity index (χ4v) is 1.56. The van der Waals surface area contributed by atoms with E-state index in [2.05, 4.69) is 25.2 Å². The number of nitrogens with one attached hydrogen (secondary N) is 2. The van der Waals surface area contributed by atoms with Crippen LogP contribution in [0.1, 0.15) is 10.6 Å². The van der Waals surface area contributed by atoms with Crippen LogP contribution < -0.4 is 15.8 Å². The van der Waals surface area contributed by atoms with Crippen molar-refractivity contribution in [2.24, 2.45) is 0 Å². The number of nitrogen functional groups attached to an aromatic ring is 1. The first kappa shape index (κ1) is 14.0. The lowest BCUT2D eigenvalue weighted by molar-refractivity contribution is -0.0497. The first-order valence-corrected chi connectivity index (χ1v) is 5.57. The molecule has 1 aromatic carbocycles. The van der Waals surface area contributed by atoms with Crippen molar-refractivity contribution in [3.8, 4) is 5.75 Å². The summed E-state index contributed by atoms with van der Waals surface area (Å²) in [4.78, 5) is 15.3. The third-order valence-corrected chi connectivity index (χ3v) is 2.42. The van der Waals surface area contributed by atoms with Gasteiger partial charge in [-0.1, -0.05) is 11.6 Å². The number of nitrogens with two attached hydrogens (primary N) is 1. The molecule has 0 fully saturated rings. The molecule has 2 rings (SSSR count). The smallest absolute Gasteiger partial charge is 0.387 e. The van der Waals surface area contributed by atoms with Crippen LogP contribution in [0.3, 0.4) is 0 Å². The molecule has 0 saturated heterocycles. The van der Waals surface area contributed by atoms with Crippen molar-refractivity contribution in [3.63, 3.8) is 0 Å². The Hall–Kier alpha value is -2.42. The van der Waals surface area contributed by atoms with Crippen molar-refractivity contribution in [2.75, 3.05) is 11.1 Å². The van der Waals surface area contributed by atoms with Crippen molar-refractivity contribution in [1.29, 1.82) is 0 Å². The summed E-state index contributed by atoms with van der Waals surface area (Å²) in [5.41, 5.74) is 5.53. The van der Waals surface area contributed by atoms with Gasteiger partial charge in [0.15, 0.2) is 0 Å². The minimum atomic E-state index is -2.98. The van der Waals surface area contributed by atoms with E-state index >= 15 is 0 Å². The Balaban J connectivity index is 2.10. The van der Waals surface area contributed by atoms with Gasteiger partial charge in [0.1, 0.15) is 5.75 Å². The number of halogens is 3. The van der Waals surface area contributed by atoms with Gasteiger partial charge in [0, 0.05) is 5.69 Å². The maximum atomic E-state index is 12.1. The quantitative estimate of drug-likeness (QED) is 0.800. The van der Waals surface area contributed by atoms with Crippen LogP contribution in [0.4, 0.5) is 20.4 Å². The van der Waals surface area contributed by atoms with Gasteiger partial charge in [-0.2, -0.15) is 13.8 Å². The summed E-state index contributed by atoms with van der Waals surface area (Å²) >= 11 is 5.74. The Kier molecular flexibility index (Phi) is 3.99. The topological polar surface area (TPSA) is 106 Å². The summed E-state index contributed by atoms with van der Waals surface area (Å²) in [5.74, 6) is -0.961. The second-order valence-electron chi connectivity index (χ2n) is 3.52. The molecule has 1 heterocycles. The Morgan fingerprint density at radius 3 is 2.80 bits per heavy atom. The maximum Gasteiger partial charge on any atom is 0.387 e. The lowest BCUT2D eigenvalue weighted by Gasteiger charge is -2.08. The van der Waals surface area contributed by atoms with Gasteiger partial charge in [-0.25, -0.2) is 0 Å². The van der Waals surface area contributed by atoms with Crippen LogP contribution in [0.2, 0.25) is 5.02 Å². The van der Waals surface area contributed by atoms with Crippen LogP contribution in [0.25, 0.3) is 0 Å². The van der Waals surface area contributed by atoms with Crippen LogP contribution in [0, 0.1) is 0 Å². The lowest BCUT2D eigenvalue weighted by atomic mass is 10.3. The molecule has 0 radical (unpaired) electrons. The van der Waals surface area contributed by atoms with Crippen LogP contribution >= 0.6 is 11.6 Å². The number of hydrogen-bond donors (Lipinski definition) is 3. The number of aromatic nitrogens is 3. The highest BCUT2D eigenvalue weighted by Crippen LogP contribution is 2.29. The molecule has 0 atom stereocenters. The van der Waals surface area contributed by atoms with Crippen molar-refractivity contribution in [1.82, 2.24) is 15.2 Å². The summed E-state index contributed by atoms with van der Waals surface area (Å²) in [6.45, 7) is -2.98. The third-order valence-electron chi connectivity index (χ3n) is 2.12. The van der Waals surface area contributed by atoms with E-state index in [0.29, 0.717) is 0 Å². The number of rotatable bonds is 4. The fraction of sp³-hybridized carbons (Fsp3) is 0.100. The van der Waals surface area contributed by atoms with Crippen LogP contribution in [-0.4, -0.2) is 27.7 Å². The van der Waals surface area contributed by atoms with Gasteiger partial charge in [0.05, 0.1) is 5.02 Å². The summed E-state index contributed by atoms with van der Waals surface area (Å²) < 4.78 is 28.3. The van der Waals surface area contributed by atoms with Crippen LogP contribution in [-0.2, 0) is 0 Å². The average Bonchev–Trinajstić information content (AvgIpc) is 2.79. The lowest BCUT2D eigenvalue weighted by Crippen LogP contribution is -2.14. The summed E-state index contributed by atoms with van der Waals surface area (Å²) in [6, 6.07) is 3.82. The van der Waals surface area contributed by atoms with E-state index in [1.807, 2.05) is 0 Å². The molecule has 10 heteroatoms. The highest BCUT2D eigenvalue weighted by Gasteiger charge is 2.13. The van der Waals surface area contributed by atoms with E-state index in [-0.39, 0.29) is 28.2 Å². The van der Waals surface area contributed by atoms with E-state index in [0.717, 1.165) is 0 Å². The molecule has 1 amide bonds. The number of benzene rings is 1. The Morgan fingerprint density at radius 1 is 1.50 bits per heavy atom. The Bertz CT molecular complexity index is 634. The number of nitrogens with zero attached hydrogens (tertiary/aromatic N) is 2. The molecule has 0 aliphatic carbocycles. The number of alkyl halides is 2. The number of anilines is 2. The zero-order valence-corrected chi connectivity index (χ0v) is 10.5. The highest BCUT2D eigenvalue weighted by molar-refractivity contribution is 6.32. The highest BCUT2D eigenvalue weighted by atomic mass is 35.5. The second kappa shape index (κ2) is 5.70. The number of H-pyrrole nitrogens is 1. The molecule has 20 heavy (non-hydrogen) atoms. The number of carbonyl (C=O) groups excluding carboxylic acids is 1. The maximum absolute atomic E-state index is 12.1. The van der Waals surface area contributed by atoms with Gasteiger partial charge in [-0.05, 0) is 18.2 Å². The zero-order valence-electron chi connectivity index (χ0n) is 9.73. The minimum Gasteiger partial charge on any atom is -0.433 e. The van der Waals surface area contributed by atoms with Crippen LogP contribution in [0.5, 0.6) is 5.75 Å². The molecule has 0 aliphatic rings. The van der Waals surface area contributed by atoms with Gasteiger partial charge < -0.3 is 15.8 Å². The molecule has 1 aromatic heterocycles. The number of aromatic amines is 1. The average molecular weight is 304 g/mol. The number of hydrogen-bond acceptors (Lipinski definition) is 5. The Morgan fingerprint density at radius 2 is 2.25 bits per heavy atom. The zero-order chi connectivity index (χ0) is 14.7. The molecule has 0 saturated carbocycles. The van der Waals surface area contributed by atoms with E-state index in [4.69, 9.17) is 17.3 Å². The van der Waals surface area contributed by atoms with Crippen molar-refractivity contribution >= 4 is 29.1 Å². The van der Waals surface area contributed by atoms with E-state index in [1.54, 1.807) is 0 Å². The third kappa shape index (κ3) is 3.32. The summed E-state index contributed by atoms with van der Waals surface area (Å²) in [7, 11) is 0. The first-order valence-electron chi connectivity index (χ1n) is 5.19. The molecular weight excluding hydrogens is 296 g/mol. The van der Waals surface area contributed by atoms with E-state index in [9.17, 15) is 13.6 Å². The normalized spacial score (nSPS) is 10.6. The van der Waals surface area contributed by atoms with Crippen molar-refractivity contribution in [2.45, 2.75) is 6.61 Å². The summed E-state index contributed by atoms with van der Waals surface area (Å²) in [6.07, 6.45) is 0. The molecule has 2 aromatic rings. The van der Waals surface area contributed by atoms with Crippen LogP contribution in [0.15, 0.2) is 18.2 Å². The minimum absolute atomic E-state index is 0.0693. The van der Waals surface area contributed by atoms with Gasteiger partial charge in [-0.15, -0.1) is 5.10 Å². The largest absolute Gasteiger partial charge is 0.433 e. The number of ether oxygens (including phenoxy) is 1. The SMILES string of the molecule is Nc1n[nH]c(C(=O)Nc2ccc(OC(F)F)c(Cl)c2)n1. The molecule has 106 valence electrons. The van der Waals surface area contributed by atoms with E-state index < -0.39 is 12.5 Å². The standard InChI is InChI=1S/C10H8ClF2N5O2/c11-5-3-4(1-2-6(5)20-9(12)13)15-8(19)7-16-10(14)18-17-7/h1-3,9H,(H,15,19)(H3,14,16,17,18). The predicted molar refractivity (Wildman–Crippen MR) is 66.8 cm³/mol. The van der Waals surface area contributed by atoms with Crippen molar-refractivity contribution < 1.29 is 18.3 Å². The molecule has 7 nitrogen and oxygen atoms in total. The first-order chi connectivity index (χ1) is 9.45. The molecule has 0 spiro atoms. The second-order valence-corrected chi connectivity index (χ2v) is 3.93. The van der Waals surface area contributed by atoms with E-state index in [1.165, 1.54) is 18.2 Å². The van der Waals surface area contributed by atoms with Gasteiger partial charge >= 0.3 is 6.61 Å².